The molecule has 0 saturated carbocycles. The van der Waals surface area contributed by atoms with Crippen molar-refractivity contribution in [1.82, 2.24) is 0 Å². The molecule has 0 unspecified atom stereocenters. The number of ether oxygens (including phenoxy) is 1. The van der Waals surface area contributed by atoms with Crippen molar-refractivity contribution in [3.63, 3.8) is 0 Å². The lowest BCUT2D eigenvalue weighted by atomic mass is 10.1. The minimum atomic E-state index is 0.991. The van der Waals surface area contributed by atoms with Crippen LogP contribution in [-0.2, 0) is 6.42 Å². The van der Waals surface area contributed by atoms with E-state index < -0.39 is 0 Å². The predicted molar refractivity (Wildman–Crippen MR) is 69.7 cm³/mol. The molecule has 0 fully saturated rings. The SMILES string of the molecule is CC.CCC.CCc1ccccc1OC. The first-order valence-corrected chi connectivity index (χ1v) is 5.91. The van der Waals surface area contributed by atoms with Crippen LogP contribution in [0.4, 0.5) is 0 Å². The number of para-hydroxylation sites is 1. The van der Waals surface area contributed by atoms with E-state index in [1.165, 1.54) is 12.0 Å². The Hall–Kier alpha value is -0.980. The molecular formula is C14H26O. The van der Waals surface area contributed by atoms with Crippen LogP contribution in [0.25, 0.3) is 0 Å². The van der Waals surface area contributed by atoms with Gasteiger partial charge in [-0.3, -0.25) is 0 Å². The molecule has 0 spiro atoms. The standard InChI is InChI=1S/C9H12O.C3H8.C2H6/c1-3-8-6-4-5-7-9(8)10-2;1-3-2;1-2/h4-7H,3H2,1-2H3;3H2,1-2H3;1-2H3. The molecule has 1 aromatic carbocycles. The third-order valence-corrected chi connectivity index (χ3v) is 1.57. The van der Waals surface area contributed by atoms with Crippen molar-refractivity contribution < 1.29 is 4.74 Å². The maximum atomic E-state index is 5.14. The van der Waals surface area contributed by atoms with Crippen molar-refractivity contribution in [3.05, 3.63) is 29.8 Å². The molecule has 0 bridgehead atoms. The summed E-state index contributed by atoms with van der Waals surface area (Å²) in [6.45, 7) is 10.4. The molecule has 0 aliphatic carbocycles. The van der Waals surface area contributed by atoms with E-state index in [0.29, 0.717) is 0 Å². The molecule has 0 aliphatic rings. The number of rotatable bonds is 2. The second kappa shape index (κ2) is 13.0. The maximum absolute atomic E-state index is 5.14. The van der Waals surface area contributed by atoms with Crippen LogP contribution in [0.2, 0.25) is 0 Å². The zero-order chi connectivity index (χ0) is 12.1. The summed E-state index contributed by atoms with van der Waals surface area (Å²) in [6, 6.07) is 8.08. The van der Waals surface area contributed by atoms with Crippen LogP contribution in [0, 0.1) is 0 Å². The van der Waals surface area contributed by atoms with Gasteiger partial charge < -0.3 is 4.74 Å². The molecule has 88 valence electrons. The zero-order valence-corrected chi connectivity index (χ0v) is 11.1. The van der Waals surface area contributed by atoms with Gasteiger partial charge in [-0.1, -0.05) is 59.2 Å². The number of hydrogen-bond donors (Lipinski definition) is 0. The smallest absolute Gasteiger partial charge is 0.122 e. The first-order valence-electron chi connectivity index (χ1n) is 5.91. The Balaban J connectivity index is 0. The Labute approximate surface area is 95.5 Å². The normalized spacial score (nSPS) is 7.87. The van der Waals surface area contributed by atoms with E-state index in [-0.39, 0.29) is 0 Å². The van der Waals surface area contributed by atoms with E-state index >= 15 is 0 Å². The highest BCUT2D eigenvalue weighted by atomic mass is 16.5. The molecule has 0 aliphatic heterocycles. The van der Waals surface area contributed by atoms with Crippen LogP contribution in [0.1, 0.15) is 46.6 Å². The first-order chi connectivity index (χ1) is 7.29. The molecule has 0 amide bonds. The van der Waals surface area contributed by atoms with Gasteiger partial charge in [0.15, 0.2) is 0 Å². The van der Waals surface area contributed by atoms with Crippen molar-refractivity contribution >= 4 is 0 Å². The summed E-state index contributed by atoms with van der Waals surface area (Å²) in [5, 5.41) is 0. The van der Waals surface area contributed by atoms with E-state index in [0.717, 1.165) is 12.2 Å². The fraction of sp³-hybridized carbons (Fsp3) is 0.571. The van der Waals surface area contributed by atoms with Crippen molar-refractivity contribution in [3.8, 4) is 5.75 Å². The highest BCUT2D eigenvalue weighted by Crippen LogP contribution is 2.16. The van der Waals surface area contributed by atoms with Gasteiger partial charge in [0, 0.05) is 0 Å². The molecule has 1 rings (SSSR count). The first kappa shape index (κ1) is 16.4. The summed E-state index contributed by atoms with van der Waals surface area (Å²) in [6.07, 6.45) is 2.28. The predicted octanol–water partition coefficient (Wildman–Crippen LogP) is 4.70. The van der Waals surface area contributed by atoms with Gasteiger partial charge >= 0.3 is 0 Å². The summed E-state index contributed by atoms with van der Waals surface area (Å²) in [5.74, 6) is 0.991. The summed E-state index contributed by atoms with van der Waals surface area (Å²) in [7, 11) is 1.70. The molecule has 1 nitrogen and oxygen atoms in total. The Morgan fingerprint density at radius 2 is 1.47 bits per heavy atom. The highest BCUT2D eigenvalue weighted by molar-refractivity contribution is 5.32. The van der Waals surface area contributed by atoms with Crippen LogP contribution in [0.15, 0.2) is 24.3 Å². The van der Waals surface area contributed by atoms with E-state index in [4.69, 9.17) is 4.74 Å². The van der Waals surface area contributed by atoms with Crippen molar-refractivity contribution in [1.29, 1.82) is 0 Å². The minimum absolute atomic E-state index is 0.991. The lowest BCUT2D eigenvalue weighted by Crippen LogP contribution is -1.88. The van der Waals surface area contributed by atoms with Gasteiger partial charge in [-0.05, 0) is 18.1 Å². The Bertz CT molecular complexity index is 195. The third-order valence-electron chi connectivity index (χ3n) is 1.57. The summed E-state index contributed by atoms with van der Waals surface area (Å²) < 4.78 is 5.14. The number of methoxy groups -OCH3 is 1. The zero-order valence-electron chi connectivity index (χ0n) is 11.1. The lowest BCUT2D eigenvalue weighted by Gasteiger charge is -2.03. The molecule has 0 atom stereocenters. The molecule has 1 aromatic rings. The van der Waals surface area contributed by atoms with Crippen molar-refractivity contribution in [2.75, 3.05) is 7.11 Å². The van der Waals surface area contributed by atoms with Gasteiger partial charge in [-0.25, -0.2) is 0 Å². The van der Waals surface area contributed by atoms with Gasteiger partial charge in [0.25, 0.3) is 0 Å². The summed E-state index contributed by atoms with van der Waals surface area (Å²) >= 11 is 0. The van der Waals surface area contributed by atoms with E-state index in [9.17, 15) is 0 Å². The summed E-state index contributed by atoms with van der Waals surface area (Å²) in [4.78, 5) is 0. The van der Waals surface area contributed by atoms with Crippen LogP contribution >= 0.6 is 0 Å². The Morgan fingerprint density at radius 1 is 1.00 bits per heavy atom. The topological polar surface area (TPSA) is 9.23 Å². The monoisotopic (exact) mass is 210 g/mol. The van der Waals surface area contributed by atoms with E-state index in [1.807, 2.05) is 32.0 Å². The van der Waals surface area contributed by atoms with Crippen LogP contribution in [0.3, 0.4) is 0 Å². The maximum Gasteiger partial charge on any atom is 0.122 e. The Morgan fingerprint density at radius 3 is 1.80 bits per heavy atom. The largest absolute Gasteiger partial charge is 0.496 e. The molecule has 0 aromatic heterocycles. The molecule has 15 heavy (non-hydrogen) atoms. The second-order valence-corrected chi connectivity index (χ2v) is 2.87. The quantitative estimate of drug-likeness (QED) is 0.687. The molecule has 0 radical (unpaired) electrons. The number of aryl methyl sites for hydroxylation is 1. The average Bonchev–Trinajstić information content (AvgIpc) is 2.32. The molecule has 0 N–H and O–H groups in total. The van der Waals surface area contributed by atoms with Crippen LogP contribution < -0.4 is 4.74 Å². The fourth-order valence-electron chi connectivity index (χ4n) is 0.995. The molecule has 0 heterocycles. The summed E-state index contributed by atoms with van der Waals surface area (Å²) in [5.41, 5.74) is 1.27. The van der Waals surface area contributed by atoms with E-state index in [2.05, 4.69) is 26.8 Å². The highest BCUT2D eigenvalue weighted by Gasteiger charge is 1.95. The third kappa shape index (κ3) is 8.04. The molecular weight excluding hydrogens is 184 g/mol. The number of hydrogen-bond acceptors (Lipinski definition) is 1. The Kier molecular flexibility index (Phi) is 14.3. The average molecular weight is 210 g/mol. The molecule has 0 saturated heterocycles. The van der Waals surface area contributed by atoms with Gasteiger partial charge in [0.05, 0.1) is 7.11 Å². The second-order valence-electron chi connectivity index (χ2n) is 2.87. The minimum Gasteiger partial charge on any atom is -0.496 e. The van der Waals surface area contributed by atoms with Crippen molar-refractivity contribution in [2.24, 2.45) is 0 Å². The van der Waals surface area contributed by atoms with Crippen LogP contribution in [0.5, 0.6) is 5.75 Å². The van der Waals surface area contributed by atoms with Gasteiger partial charge in [0.1, 0.15) is 5.75 Å². The van der Waals surface area contributed by atoms with Gasteiger partial charge in [-0.15, -0.1) is 0 Å². The molecule has 1 heteroatoms. The van der Waals surface area contributed by atoms with Gasteiger partial charge in [-0.2, -0.15) is 0 Å². The van der Waals surface area contributed by atoms with Gasteiger partial charge in [0.2, 0.25) is 0 Å². The number of benzene rings is 1. The van der Waals surface area contributed by atoms with Crippen LogP contribution in [-0.4, -0.2) is 7.11 Å². The fourth-order valence-corrected chi connectivity index (χ4v) is 0.995. The lowest BCUT2D eigenvalue weighted by molar-refractivity contribution is 0.410. The van der Waals surface area contributed by atoms with E-state index in [1.54, 1.807) is 7.11 Å². The van der Waals surface area contributed by atoms with Crippen molar-refractivity contribution in [2.45, 2.75) is 47.5 Å².